The highest BCUT2D eigenvalue weighted by molar-refractivity contribution is 5.85. The Morgan fingerprint density at radius 1 is 1.10 bits per heavy atom. The van der Waals surface area contributed by atoms with Gasteiger partial charge in [0.05, 0.1) is 18.1 Å². The number of anilines is 1. The summed E-state index contributed by atoms with van der Waals surface area (Å²) >= 11 is 0. The van der Waals surface area contributed by atoms with E-state index in [1.54, 1.807) is 18.6 Å². The fourth-order valence-corrected chi connectivity index (χ4v) is 1.87. The Bertz CT molecular complexity index is 490. The zero-order valence-electron chi connectivity index (χ0n) is 12.0. The highest BCUT2D eigenvalue weighted by Crippen LogP contribution is 2.09. The quantitative estimate of drug-likeness (QED) is 0.853. The van der Waals surface area contributed by atoms with Gasteiger partial charge in [-0.05, 0) is 5.92 Å². The molecule has 0 saturated carbocycles. The van der Waals surface area contributed by atoms with Gasteiger partial charge in [-0.1, -0.05) is 13.8 Å². The maximum atomic E-state index is 12.2. The average Bonchev–Trinajstić information content (AvgIpc) is 2.94. The van der Waals surface area contributed by atoms with Gasteiger partial charge in [0.1, 0.15) is 6.54 Å². The van der Waals surface area contributed by atoms with Gasteiger partial charge in [0.25, 0.3) is 6.43 Å². The van der Waals surface area contributed by atoms with Gasteiger partial charge in [-0.3, -0.25) is 9.36 Å². The van der Waals surface area contributed by atoms with Crippen LogP contribution in [-0.2, 0) is 19.6 Å². The van der Waals surface area contributed by atoms with Crippen molar-refractivity contribution in [1.29, 1.82) is 0 Å². The summed E-state index contributed by atoms with van der Waals surface area (Å²) in [6, 6.07) is 0. The molecule has 0 atom stereocenters. The molecule has 2 aromatic rings. The highest BCUT2D eigenvalue weighted by Gasteiger charge is 2.06. The van der Waals surface area contributed by atoms with Crippen molar-refractivity contribution >= 4 is 18.1 Å². The van der Waals surface area contributed by atoms with E-state index in [0.717, 1.165) is 17.8 Å². The van der Waals surface area contributed by atoms with Crippen LogP contribution in [0.1, 0.15) is 19.4 Å². The number of nitrogens with zero attached hydrogens (tertiary/aromatic N) is 4. The minimum Gasteiger partial charge on any atom is -0.378 e. The summed E-state index contributed by atoms with van der Waals surface area (Å²) in [6.07, 6.45) is 4.51. The standard InChI is InChI=1S/C13H19F2N5.ClH/c1-10(2)6-19-7-11(4-17-19)3-16-12-5-18-20(8-12)9-13(14)15;/h4-5,7-8,10,13,16H,3,6,9H2,1-2H3;1H. The molecule has 0 bridgehead atoms. The van der Waals surface area contributed by atoms with Crippen molar-refractivity contribution in [3.63, 3.8) is 0 Å². The lowest BCUT2D eigenvalue weighted by Crippen LogP contribution is -2.06. The largest absolute Gasteiger partial charge is 0.378 e. The second kappa shape index (κ2) is 7.97. The normalized spacial score (nSPS) is 11.0. The lowest BCUT2D eigenvalue weighted by atomic mass is 10.2. The second-order valence-corrected chi connectivity index (χ2v) is 5.16. The van der Waals surface area contributed by atoms with Gasteiger partial charge in [0.2, 0.25) is 0 Å². The molecule has 0 radical (unpaired) electrons. The minimum absolute atomic E-state index is 0. The smallest absolute Gasteiger partial charge is 0.257 e. The average molecular weight is 320 g/mol. The molecule has 1 N–H and O–H groups in total. The van der Waals surface area contributed by atoms with Gasteiger partial charge in [-0.15, -0.1) is 12.4 Å². The molecule has 2 heterocycles. The zero-order chi connectivity index (χ0) is 14.5. The van der Waals surface area contributed by atoms with E-state index in [-0.39, 0.29) is 19.0 Å². The second-order valence-electron chi connectivity index (χ2n) is 5.16. The Morgan fingerprint density at radius 2 is 1.76 bits per heavy atom. The maximum absolute atomic E-state index is 12.2. The van der Waals surface area contributed by atoms with Crippen molar-refractivity contribution < 1.29 is 8.78 Å². The fraction of sp³-hybridized carbons (Fsp3) is 0.538. The Hall–Kier alpha value is -1.63. The Labute approximate surface area is 128 Å². The van der Waals surface area contributed by atoms with E-state index in [1.165, 1.54) is 4.68 Å². The predicted molar refractivity (Wildman–Crippen MR) is 79.9 cm³/mol. The molecule has 0 aliphatic heterocycles. The van der Waals surface area contributed by atoms with Crippen molar-refractivity contribution in [2.24, 2.45) is 5.92 Å². The van der Waals surface area contributed by atoms with Gasteiger partial charge in [-0.25, -0.2) is 8.78 Å². The van der Waals surface area contributed by atoms with E-state index in [0.29, 0.717) is 12.5 Å². The van der Waals surface area contributed by atoms with Crippen LogP contribution in [0.3, 0.4) is 0 Å². The number of aromatic nitrogens is 4. The Balaban J connectivity index is 0.00000220. The van der Waals surface area contributed by atoms with E-state index < -0.39 is 6.43 Å². The number of halogens is 3. The van der Waals surface area contributed by atoms with Crippen LogP contribution >= 0.6 is 12.4 Å². The van der Waals surface area contributed by atoms with Gasteiger partial charge in [0, 0.05) is 31.0 Å². The maximum Gasteiger partial charge on any atom is 0.257 e. The first-order valence-corrected chi connectivity index (χ1v) is 6.58. The molecular weight excluding hydrogens is 300 g/mol. The predicted octanol–water partition coefficient (Wildman–Crippen LogP) is 3.03. The molecule has 0 fully saturated rings. The molecule has 0 spiro atoms. The van der Waals surface area contributed by atoms with Crippen LogP contribution in [0.4, 0.5) is 14.5 Å². The van der Waals surface area contributed by atoms with Gasteiger partial charge < -0.3 is 5.32 Å². The number of rotatable bonds is 7. The van der Waals surface area contributed by atoms with Crippen LogP contribution in [0.2, 0.25) is 0 Å². The molecule has 8 heteroatoms. The van der Waals surface area contributed by atoms with Gasteiger partial charge in [0.15, 0.2) is 0 Å². The van der Waals surface area contributed by atoms with Crippen LogP contribution in [0.5, 0.6) is 0 Å². The number of nitrogens with one attached hydrogen (secondary N) is 1. The molecule has 0 unspecified atom stereocenters. The molecule has 0 aromatic carbocycles. The van der Waals surface area contributed by atoms with Crippen LogP contribution < -0.4 is 5.32 Å². The Kier molecular flexibility index (Phi) is 6.61. The minimum atomic E-state index is -2.39. The molecule has 2 rings (SSSR count). The fourth-order valence-electron chi connectivity index (χ4n) is 1.87. The molecule has 0 aliphatic carbocycles. The summed E-state index contributed by atoms with van der Waals surface area (Å²) in [6.45, 7) is 5.37. The highest BCUT2D eigenvalue weighted by atomic mass is 35.5. The summed E-state index contributed by atoms with van der Waals surface area (Å²) in [4.78, 5) is 0. The van der Waals surface area contributed by atoms with Gasteiger partial charge in [-0.2, -0.15) is 10.2 Å². The topological polar surface area (TPSA) is 47.7 Å². The molecule has 2 aromatic heterocycles. The third-order valence-corrected chi connectivity index (χ3v) is 2.69. The van der Waals surface area contributed by atoms with Crippen LogP contribution in [0.15, 0.2) is 24.8 Å². The van der Waals surface area contributed by atoms with Crippen LogP contribution in [0, 0.1) is 5.92 Å². The van der Waals surface area contributed by atoms with Crippen LogP contribution in [0.25, 0.3) is 0 Å². The Morgan fingerprint density at radius 3 is 2.43 bits per heavy atom. The summed E-state index contributed by atoms with van der Waals surface area (Å²) in [5.41, 5.74) is 1.77. The molecule has 21 heavy (non-hydrogen) atoms. The first-order chi connectivity index (χ1) is 9.52. The first-order valence-electron chi connectivity index (χ1n) is 6.58. The lowest BCUT2D eigenvalue weighted by Gasteiger charge is -2.04. The van der Waals surface area contributed by atoms with E-state index in [1.807, 2.05) is 10.9 Å². The summed E-state index contributed by atoms with van der Waals surface area (Å²) in [5, 5.41) is 11.3. The van der Waals surface area contributed by atoms with Crippen molar-refractivity contribution in [2.75, 3.05) is 5.32 Å². The lowest BCUT2D eigenvalue weighted by molar-refractivity contribution is 0.122. The van der Waals surface area contributed by atoms with Crippen molar-refractivity contribution in [3.8, 4) is 0 Å². The first kappa shape index (κ1) is 17.4. The van der Waals surface area contributed by atoms with Crippen molar-refractivity contribution in [1.82, 2.24) is 19.6 Å². The number of hydrogen-bond acceptors (Lipinski definition) is 3. The van der Waals surface area contributed by atoms with Crippen molar-refractivity contribution in [2.45, 2.75) is 39.9 Å². The summed E-state index contributed by atoms with van der Waals surface area (Å²) < 4.78 is 27.5. The third kappa shape index (κ3) is 5.71. The third-order valence-electron chi connectivity index (χ3n) is 2.69. The van der Waals surface area contributed by atoms with E-state index in [9.17, 15) is 8.78 Å². The van der Waals surface area contributed by atoms with Crippen LogP contribution in [-0.4, -0.2) is 26.0 Å². The summed E-state index contributed by atoms with van der Waals surface area (Å²) in [7, 11) is 0. The molecule has 0 amide bonds. The van der Waals surface area contributed by atoms with Gasteiger partial charge >= 0.3 is 0 Å². The monoisotopic (exact) mass is 319 g/mol. The molecule has 5 nitrogen and oxygen atoms in total. The number of alkyl halides is 2. The molecule has 0 aliphatic rings. The zero-order valence-corrected chi connectivity index (χ0v) is 12.9. The SMILES string of the molecule is CC(C)Cn1cc(CNc2cnn(CC(F)F)c2)cn1.Cl. The van der Waals surface area contributed by atoms with Crippen molar-refractivity contribution in [3.05, 3.63) is 30.4 Å². The number of hydrogen-bond donors (Lipinski definition) is 1. The van der Waals surface area contributed by atoms with E-state index in [4.69, 9.17) is 0 Å². The van der Waals surface area contributed by atoms with E-state index in [2.05, 4.69) is 29.4 Å². The molecule has 118 valence electrons. The van der Waals surface area contributed by atoms with E-state index >= 15 is 0 Å². The summed E-state index contributed by atoms with van der Waals surface area (Å²) in [5.74, 6) is 0.545. The molecule has 0 saturated heterocycles. The molecular formula is C13H20ClF2N5.